The summed E-state index contributed by atoms with van der Waals surface area (Å²) < 4.78 is 1.28. The zero-order chi connectivity index (χ0) is 21.3. The first-order valence-corrected chi connectivity index (χ1v) is 9.36. The number of benzene rings is 2. The van der Waals surface area contributed by atoms with Gasteiger partial charge in [-0.2, -0.15) is 0 Å². The van der Waals surface area contributed by atoms with Gasteiger partial charge in [-0.1, -0.05) is 45.0 Å². The molecule has 0 saturated heterocycles. The van der Waals surface area contributed by atoms with E-state index < -0.39 is 11.4 Å². The SMILES string of the molecule is Cc1c(NC(=O)c2ccc(C(C)(C)C)cc2)cccc1-c1cn(C)c(=O)c(O)n1. The number of hydrogen-bond donors (Lipinski definition) is 2. The maximum Gasteiger partial charge on any atom is 0.312 e. The molecule has 0 fully saturated rings. The maximum atomic E-state index is 12.7. The second kappa shape index (κ2) is 7.54. The summed E-state index contributed by atoms with van der Waals surface area (Å²) in [4.78, 5) is 28.4. The highest BCUT2D eigenvalue weighted by Crippen LogP contribution is 2.28. The molecular formula is C23H25N3O3. The predicted molar refractivity (Wildman–Crippen MR) is 114 cm³/mol. The molecule has 0 unspecified atom stereocenters. The lowest BCUT2D eigenvalue weighted by atomic mass is 9.86. The van der Waals surface area contributed by atoms with Crippen molar-refractivity contribution >= 4 is 11.6 Å². The van der Waals surface area contributed by atoms with Crippen LogP contribution >= 0.6 is 0 Å². The van der Waals surface area contributed by atoms with Crippen LogP contribution in [0.1, 0.15) is 42.3 Å². The van der Waals surface area contributed by atoms with E-state index in [0.29, 0.717) is 16.9 Å². The number of carbonyl (C=O) groups is 1. The fourth-order valence-electron chi connectivity index (χ4n) is 3.08. The Bertz CT molecular complexity index is 1100. The average Bonchev–Trinajstić information content (AvgIpc) is 2.66. The molecule has 0 aliphatic rings. The number of nitrogens with zero attached hydrogens (tertiary/aromatic N) is 2. The van der Waals surface area contributed by atoms with E-state index in [1.165, 1.54) is 4.57 Å². The van der Waals surface area contributed by atoms with Gasteiger partial charge in [0.05, 0.1) is 5.69 Å². The van der Waals surface area contributed by atoms with Crippen LogP contribution in [-0.4, -0.2) is 20.6 Å². The topological polar surface area (TPSA) is 84.2 Å². The lowest BCUT2D eigenvalue weighted by molar-refractivity contribution is 0.102. The van der Waals surface area contributed by atoms with Gasteiger partial charge in [-0.3, -0.25) is 9.59 Å². The van der Waals surface area contributed by atoms with E-state index in [-0.39, 0.29) is 11.3 Å². The van der Waals surface area contributed by atoms with Gasteiger partial charge in [0.15, 0.2) is 0 Å². The highest BCUT2D eigenvalue weighted by atomic mass is 16.3. The Morgan fingerprint density at radius 1 is 1.10 bits per heavy atom. The maximum absolute atomic E-state index is 12.7. The zero-order valence-electron chi connectivity index (χ0n) is 17.3. The minimum absolute atomic E-state index is 0.0221. The van der Waals surface area contributed by atoms with E-state index in [1.54, 1.807) is 19.3 Å². The summed E-state index contributed by atoms with van der Waals surface area (Å²) >= 11 is 0. The molecule has 3 aromatic rings. The summed E-state index contributed by atoms with van der Waals surface area (Å²) in [5.41, 5.74) is 3.79. The van der Waals surface area contributed by atoms with E-state index in [9.17, 15) is 14.7 Å². The third-order valence-electron chi connectivity index (χ3n) is 4.92. The lowest BCUT2D eigenvalue weighted by Gasteiger charge is -2.19. The molecule has 0 aliphatic heterocycles. The Hall–Kier alpha value is -3.41. The number of rotatable bonds is 3. The molecule has 29 heavy (non-hydrogen) atoms. The standard InChI is InChI=1S/C23H25N3O3/c1-14-17(19-13-26(5)22(29)21(28)25-19)7-6-8-18(14)24-20(27)15-9-11-16(12-10-15)23(2,3)4/h6-13H,1-5H3,(H,24,27)(H,25,28). The summed E-state index contributed by atoms with van der Waals surface area (Å²) in [5, 5.41) is 12.7. The van der Waals surface area contributed by atoms with Crippen molar-refractivity contribution in [1.29, 1.82) is 0 Å². The summed E-state index contributed by atoms with van der Waals surface area (Å²) in [6, 6.07) is 13.0. The molecule has 0 bridgehead atoms. The Kier molecular flexibility index (Phi) is 5.29. The van der Waals surface area contributed by atoms with Crippen LogP contribution in [0.3, 0.4) is 0 Å². The molecule has 150 valence electrons. The number of anilines is 1. The van der Waals surface area contributed by atoms with Crippen LogP contribution < -0.4 is 10.9 Å². The van der Waals surface area contributed by atoms with Crippen molar-refractivity contribution in [2.24, 2.45) is 7.05 Å². The number of amides is 1. The van der Waals surface area contributed by atoms with E-state index in [0.717, 1.165) is 16.7 Å². The number of aromatic nitrogens is 2. The first-order chi connectivity index (χ1) is 13.6. The normalized spacial score (nSPS) is 11.3. The molecule has 0 spiro atoms. The van der Waals surface area contributed by atoms with Crippen molar-refractivity contribution in [3.05, 3.63) is 75.7 Å². The minimum Gasteiger partial charge on any atom is -0.489 e. The van der Waals surface area contributed by atoms with Crippen molar-refractivity contribution in [3.8, 4) is 17.1 Å². The third-order valence-corrected chi connectivity index (χ3v) is 4.92. The van der Waals surface area contributed by atoms with Gasteiger partial charge in [0.2, 0.25) is 0 Å². The van der Waals surface area contributed by atoms with Gasteiger partial charge in [0.1, 0.15) is 0 Å². The van der Waals surface area contributed by atoms with E-state index >= 15 is 0 Å². The molecule has 0 atom stereocenters. The highest BCUT2D eigenvalue weighted by Gasteiger charge is 2.16. The van der Waals surface area contributed by atoms with E-state index in [2.05, 4.69) is 31.1 Å². The van der Waals surface area contributed by atoms with Gasteiger partial charge >= 0.3 is 5.56 Å². The van der Waals surface area contributed by atoms with Crippen molar-refractivity contribution in [2.75, 3.05) is 5.32 Å². The van der Waals surface area contributed by atoms with Gasteiger partial charge in [-0.25, -0.2) is 4.98 Å². The molecule has 6 nitrogen and oxygen atoms in total. The molecule has 6 heteroatoms. The molecule has 1 aromatic heterocycles. The molecule has 2 N–H and O–H groups in total. The number of aryl methyl sites for hydroxylation is 1. The molecule has 0 saturated carbocycles. The summed E-state index contributed by atoms with van der Waals surface area (Å²) in [6.45, 7) is 8.24. The van der Waals surface area contributed by atoms with Gasteiger partial charge in [-0.15, -0.1) is 0 Å². The van der Waals surface area contributed by atoms with Crippen LogP contribution in [0.15, 0.2) is 53.5 Å². The summed E-state index contributed by atoms with van der Waals surface area (Å²) in [6.07, 6.45) is 1.56. The zero-order valence-corrected chi connectivity index (χ0v) is 17.3. The minimum atomic E-state index is -0.561. The molecule has 0 radical (unpaired) electrons. The smallest absolute Gasteiger partial charge is 0.312 e. The molecule has 0 aliphatic carbocycles. The van der Waals surface area contributed by atoms with Crippen molar-refractivity contribution in [1.82, 2.24) is 9.55 Å². The fraction of sp³-hybridized carbons (Fsp3) is 0.261. The van der Waals surface area contributed by atoms with Crippen LogP contribution in [-0.2, 0) is 12.5 Å². The molecule has 1 amide bonds. The first kappa shape index (κ1) is 20.3. The largest absolute Gasteiger partial charge is 0.489 e. The monoisotopic (exact) mass is 391 g/mol. The van der Waals surface area contributed by atoms with Crippen molar-refractivity contribution < 1.29 is 9.90 Å². The van der Waals surface area contributed by atoms with Crippen LogP contribution in [0, 0.1) is 6.92 Å². The quantitative estimate of drug-likeness (QED) is 0.706. The van der Waals surface area contributed by atoms with Gasteiger partial charge in [-0.05, 0) is 41.7 Å². The molecule has 1 heterocycles. The Balaban J connectivity index is 1.90. The first-order valence-electron chi connectivity index (χ1n) is 9.36. The van der Waals surface area contributed by atoms with E-state index in [1.807, 2.05) is 43.3 Å². The fourth-order valence-corrected chi connectivity index (χ4v) is 3.08. The van der Waals surface area contributed by atoms with Crippen LogP contribution in [0.4, 0.5) is 5.69 Å². The number of nitrogens with one attached hydrogen (secondary N) is 1. The Morgan fingerprint density at radius 2 is 1.76 bits per heavy atom. The van der Waals surface area contributed by atoms with Gasteiger partial charge < -0.3 is 15.0 Å². The van der Waals surface area contributed by atoms with Crippen LogP contribution in [0.2, 0.25) is 0 Å². The van der Waals surface area contributed by atoms with E-state index in [4.69, 9.17) is 0 Å². The number of hydrogen-bond acceptors (Lipinski definition) is 4. The second-order valence-electron chi connectivity index (χ2n) is 8.13. The third kappa shape index (κ3) is 4.21. The lowest BCUT2D eigenvalue weighted by Crippen LogP contribution is -2.17. The summed E-state index contributed by atoms with van der Waals surface area (Å²) in [7, 11) is 1.55. The summed E-state index contributed by atoms with van der Waals surface area (Å²) in [5.74, 6) is -0.764. The van der Waals surface area contributed by atoms with Crippen LogP contribution in [0.5, 0.6) is 5.88 Å². The highest BCUT2D eigenvalue weighted by molar-refractivity contribution is 6.05. The molecule has 2 aromatic carbocycles. The number of aromatic hydroxyl groups is 1. The predicted octanol–water partition coefficient (Wildman–Crippen LogP) is 4.01. The average molecular weight is 391 g/mol. The van der Waals surface area contributed by atoms with Gasteiger partial charge in [0, 0.05) is 30.1 Å². The van der Waals surface area contributed by atoms with Gasteiger partial charge in [0.25, 0.3) is 11.8 Å². The Labute approximate surface area is 169 Å². The second-order valence-corrected chi connectivity index (χ2v) is 8.13. The number of carbonyl (C=O) groups excluding carboxylic acids is 1. The van der Waals surface area contributed by atoms with Crippen molar-refractivity contribution in [3.63, 3.8) is 0 Å². The van der Waals surface area contributed by atoms with Crippen LogP contribution in [0.25, 0.3) is 11.3 Å². The van der Waals surface area contributed by atoms with Crippen molar-refractivity contribution in [2.45, 2.75) is 33.1 Å². The molecular weight excluding hydrogens is 366 g/mol. The Morgan fingerprint density at radius 3 is 2.34 bits per heavy atom. The molecule has 3 rings (SSSR count).